The highest BCUT2D eigenvalue weighted by Gasteiger charge is 2.35. The minimum absolute atomic E-state index is 0.0802. The molecule has 1 aromatic heterocycles. The first kappa shape index (κ1) is 21.6. The van der Waals surface area contributed by atoms with E-state index < -0.39 is 23.2 Å². The van der Waals surface area contributed by atoms with Crippen LogP contribution >= 0.6 is 11.8 Å². The zero-order valence-electron chi connectivity index (χ0n) is 15.9. The molecule has 3 rings (SSSR count). The van der Waals surface area contributed by atoms with Crippen molar-refractivity contribution in [3.05, 3.63) is 54.4 Å². The van der Waals surface area contributed by atoms with E-state index in [1.807, 2.05) is 0 Å². The summed E-state index contributed by atoms with van der Waals surface area (Å²) in [6.07, 6.45) is -4.69. The zero-order chi connectivity index (χ0) is 21.9. The summed E-state index contributed by atoms with van der Waals surface area (Å²) in [5.41, 5.74) is 1.23. The van der Waals surface area contributed by atoms with Crippen LogP contribution in [0.2, 0.25) is 0 Å². The number of benzene rings is 2. The Morgan fingerprint density at radius 1 is 0.967 bits per heavy atom. The molecule has 10 heteroatoms. The average molecular weight is 434 g/mol. The number of aromatic nitrogens is 2. The van der Waals surface area contributed by atoms with Crippen LogP contribution in [-0.2, 0) is 15.8 Å². The Morgan fingerprint density at radius 2 is 1.57 bits per heavy atom. The molecule has 1 atom stereocenters. The largest absolute Gasteiger partial charge is 0.451 e. The number of hydrogen-bond acceptors (Lipinski definition) is 5. The first-order valence-corrected chi connectivity index (χ1v) is 9.70. The number of nitrogens with one attached hydrogen (secondary N) is 2. The molecule has 0 fully saturated rings. The summed E-state index contributed by atoms with van der Waals surface area (Å²) in [5, 5.41) is 5.11. The SMILES string of the molecule is CC(=O)Nc1ccc(NC(=O)C(C)Sc2nc(C(F)(F)F)nc3ccccc23)cc1. The number of hydrogen-bond donors (Lipinski definition) is 2. The zero-order valence-corrected chi connectivity index (χ0v) is 16.8. The molecule has 30 heavy (non-hydrogen) atoms. The number of amides is 2. The number of carbonyl (C=O) groups excluding carboxylic acids is 2. The molecule has 0 aliphatic rings. The Bertz CT molecular complexity index is 1090. The van der Waals surface area contributed by atoms with Crippen LogP contribution in [0, 0.1) is 0 Å². The monoisotopic (exact) mass is 434 g/mol. The van der Waals surface area contributed by atoms with Crippen molar-refractivity contribution in [2.75, 3.05) is 10.6 Å². The summed E-state index contributed by atoms with van der Waals surface area (Å²) >= 11 is 0.922. The molecule has 2 aromatic carbocycles. The average Bonchev–Trinajstić information content (AvgIpc) is 2.68. The quantitative estimate of drug-likeness (QED) is 0.448. The Labute approximate surface area is 174 Å². The fourth-order valence-corrected chi connectivity index (χ4v) is 3.51. The second-order valence-electron chi connectivity index (χ2n) is 6.38. The lowest BCUT2D eigenvalue weighted by Crippen LogP contribution is -2.23. The number of anilines is 2. The molecule has 2 amide bonds. The van der Waals surface area contributed by atoms with Crippen molar-refractivity contribution in [2.24, 2.45) is 0 Å². The maximum Gasteiger partial charge on any atom is 0.451 e. The van der Waals surface area contributed by atoms with Gasteiger partial charge in [-0.1, -0.05) is 30.0 Å². The molecule has 0 spiro atoms. The van der Waals surface area contributed by atoms with Gasteiger partial charge in [-0.25, -0.2) is 9.97 Å². The lowest BCUT2D eigenvalue weighted by molar-refractivity contribution is -0.145. The van der Waals surface area contributed by atoms with E-state index in [2.05, 4.69) is 20.6 Å². The number of para-hydroxylation sites is 1. The van der Waals surface area contributed by atoms with Gasteiger partial charge >= 0.3 is 6.18 Å². The van der Waals surface area contributed by atoms with E-state index in [4.69, 9.17) is 0 Å². The van der Waals surface area contributed by atoms with Gasteiger partial charge in [-0.2, -0.15) is 13.2 Å². The molecule has 1 heterocycles. The Morgan fingerprint density at radius 3 is 2.17 bits per heavy atom. The molecule has 156 valence electrons. The first-order valence-electron chi connectivity index (χ1n) is 8.82. The first-order chi connectivity index (χ1) is 14.1. The van der Waals surface area contributed by atoms with E-state index >= 15 is 0 Å². The standard InChI is InChI=1S/C20H17F3N4O2S/c1-11(17(29)25-14-9-7-13(8-10-14)24-12(2)28)30-18-15-5-3-4-6-16(15)26-19(27-18)20(21,22)23/h3-11H,1-2H3,(H,24,28)(H,25,29). The van der Waals surface area contributed by atoms with Crippen LogP contribution in [-0.4, -0.2) is 27.0 Å². The summed E-state index contributed by atoms with van der Waals surface area (Å²) in [7, 11) is 0. The van der Waals surface area contributed by atoms with Crippen LogP contribution in [0.4, 0.5) is 24.5 Å². The number of rotatable bonds is 5. The molecule has 2 N–H and O–H groups in total. The summed E-state index contributed by atoms with van der Waals surface area (Å²) in [5.74, 6) is -1.86. The van der Waals surface area contributed by atoms with E-state index in [-0.39, 0.29) is 16.4 Å². The van der Waals surface area contributed by atoms with Crippen LogP contribution in [0.3, 0.4) is 0 Å². The highest BCUT2D eigenvalue weighted by Crippen LogP contribution is 2.33. The Kier molecular flexibility index (Phi) is 6.25. The van der Waals surface area contributed by atoms with Crippen LogP contribution in [0.15, 0.2) is 53.6 Å². The van der Waals surface area contributed by atoms with E-state index in [9.17, 15) is 22.8 Å². The van der Waals surface area contributed by atoms with Crippen molar-refractivity contribution < 1.29 is 22.8 Å². The molecule has 0 saturated carbocycles. The fourth-order valence-electron chi connectivity index (χ4n) is 2.57. The summed E-state index contributed by atoms with van der Waals surface area (Å²) < 4.78 is 39.5. The molecular weight excluding hydrogens is 417 g/mol. The number of nitrogens with zero attached hydrogens (tertiary/aromatic N) is 2. The summed E-state index contributed by atoms with van der Waals surface area (Å²) in [6.45, 7) is 2.96. The normalized spacial score (nSPS) is 12.4. The van der Waals surface area contributed by atoms with Gasteiger partial charge in [0, 0.05) is 23.7 Å². The van der Waals surface area contributed by atoms with Crippen LogP contribution in [0.25, 0.3) is 10.9 Å². The van der Waals surface area contributed by atoms with Crippen molar-refractivity contribution in [3.8, 4) is 0 Å². The molecule has 0 radical (unpaired) electrons. The molecular formula is C20H17F3N4O2S. The van der Waals surface area contributed by atoms with E-state index in [1.165, 1.54) is 13.0 Å². The van der Waals surface area contributed by atoms with Crippen LogP contribution in [0.5, 0.6) is 0 Å². The maximum absolute atomic E-state index is 13.2. The minimum atomic E-state index is -4.69. The van der Waals surface area contributed by atoms with Gasteiger partial charge in [0.05, 0.1) is 10.8 Å². The van der Waals surface area contributed by atoms with Gasteiger partial charge in [0.25, 0.3) is 0 Å². The lowest BCUT2D eigenvalue weighted by atomic mass is 10.2. The molecule has 0 saturated heterocycles. The summed E-state index contributed by atoms with van der Waals surface area (Å²) in [4.78, 5) is 30.8. The molecule has 0 aliphatic heterocycles. The van der Waals surface area contributed by atoms with Crippen molar-refractivity contribution >= 4 is 45.9 Å². The van der Waals surface area contributed by atoms with Crippen LogP contribution in [0.1, 0.15) is 19.7 Å². The number of thioether (sulfide) groups is 1. The molecule has 6 nitrogen and oxygen atoms in total. The number of alkyl halides is 3. The molecule has 1 unspecified atom stereocenters. The van der Waals surface area contributed by atoms with E-state index in [0.717, 1.165) is 11.8 Å². The Balaban J connectivity index is 1.78. The van der Waals surface area contributed by atoms with Gasteiger partial charge in [-0.15, -0.1) is 0 Å². The Hall–Kier alpha value is -3.14. The van der Waals surface area contributed by atoms with Gasteiger partial charge in [0.1, 0.15) is 5.03 Å². The van der Waals surface area contributed by atoms with E-state index in [1.54, 1.807) is 49.4 Å². The smallest absolute Gasteiger partial charge is 0.326 e. The third kappa shape index (κ3) is 5.26. The van der Waals surface area contributed by atoms with Gasteiger partial charge in [0.15, 0.2) is 0 Å². The van der Waals surface area contributed by atoms with Gasteiger partial charge in [-0.05, 0) is 37.3 Å². The van der Waals surface area contributed by atoms with Gasteiger partial charge in [-0.3, -0.25) is 9.59 Å². The third-order valence-corrected chi connectivity index (χ3v) is 5.05. The van der Waals surface area contributed by atoms with Crippen molar-refractivity contribution in [2.45, 2.75) is 30.3 Å². The van der Waals surface area contributed by atoms with E-state index in [0.29, 0.717) is 16.8 Å². The van der Waals surface area contributed by atoms with Crippen LogP contribution < -0.4 is 10.6 Å². The van der Waals surface area contributed by atoms with Crippen molar-refractivity contribution in [1.82, 2.24) is 9.97 Å². The third-order valence-electron chi connectivity index (χ3n) is 3.95. The van der Waals surface area contributed by atoms with Gasteiger partial charge in [0.2, 0.25) is 17.6 Å². The predicted octanol–water partition coefficient (Wildman–Crippen LogP) is 4.73. The minimum Gasteiger partial charge on any atom is -0.326 e. The number of carbonyl (C=O) groups is 2. The molecule has 0 bridgehead atoms. The summed E-state index contributed by atoms with van der Waals surface area (Å²) in [6, 6.07) is 12.8. The predicted molar refractivity (Wildman–Crippen MR) is 109 cm³/mol. The van der Waals surface area contributed by atoms with Crippen molar-refractivity contribution in [1.29, 1.82) is 0 Å². The highest BCUT2D eigenvalue weighted by atomic mass is 32.2. The van der Waals surface area contributed by atoms with Crippen molar-refractivity contribution in [3.63, 3.8) is 0 Å². The topological polar surface area (TPSA) is 84.0 Å². The maximum atomic E-state index is 13.2. The molecule has 0 aliphatic carbocycles. The second-order valence-corrected chi connectivity index (χ2v) is 7.70. The highest BCUT2D eigenvalue weighted by molar-refractivity contribution is 8.00. The molecule has 3 aromatic rings. The second kappa shape index (κ2) is 8.70. The number of halogens is 3. The lowest BCUT2D eigenvalue weighted by Gasteiger charge is -2.14. The van der Waals surface area contributed by atoms with Gasteiger partial charge < -0.3 is 10.6 Å². The fraction of sp³-hybridized carbons (Fsp3) is 0.200. The number of fused-ring (bicyclic) bond motifs is 1.